The highest BCUT2D eigenvalue weighted by Gasteiger charge is 2.14. The first-order valence-electron chi connectivity index (χ1n) is 6.09. The monoisotopic (exact) mass is 399 g/mol. The highest BCUT2D eigenvalue weighted by atomic mass is 127. The minimum Gasteiger partial charge on any atom is -0.493 e. The molecule has 0 unspecified atom stereocenters. The van der Waals surface area contributed by atoms with Crippen molar-refractivity contribution < 1.29 is 19.4 Å². The standard InChI is InChI=1S/C15H14INO4/c1-20-13-7-12(17)11(15(18)19)6-14(13)21-8-9-2-4-10(16)5-3-9/h2-7H,8,17H2,1H3,(H,18,19). The molecular weight excluding hydrogens is 385 g/mol. The van der Waals surface area contributed by atoms with Crippen LogP contribution in [-0.4, -0.2) is 18.2 Å². The highest BCUT2D eigenvalue weighted by molar-refractivity contribution is 14.1. The van der Waals surface area contributed by atoms with Crippen molar-refractivity contribution >= 4 is 34.2 Å². The van der Waals surface area contributed by atoms with E-state index < -0.39 is 5.97 Å². The Morgan fingerprint density at radius 1 is 1.24 bits per heavy atom. The van der Waals surface area contributed by atoms with E-state index in [0.29, 0.717) is 18.1 Å². The maximum atomic E-state index is 11.1. The van der Waals surface area contributed by atoms with E-state index in [1.807, 2.05) is 24.3 Å². The SMILES string of the molecule is COc1cc(N)c(C(=O)O)cc1OCc1ccc(I)cc1. The van der Waals surface area contributed by atoms with Gasteiger partial charge < -0.3 is 20.3 Å². The van der Waals surface area contributed by atoms with Crippen LogP contribution >= 0.6 is 22.6 Å². The van der Waals surface area contributed by atoms with Crippen molar-refractivity contribution in [1.82, 2.24) is 0 Å². The fraction of sp³-hybridized carbons (Fsp3) is 0.133. The van der Waals surface area contributed by atoms with Gasteiger partial charge in [0.05, 0.1) is 18.4 Å². The molecule has 0 aliphatic carbocycles. The topological polar surface area (TPSA) is 81.8 Å². The number of carboxylic acid groups (broad SMARTS) is 1. The zero-order chi connectivity index (χ0) is 15.4. The summed E-state index contributed by atoms with van der Waals surface area (Å²) in [5.41, 5.74) is 6.79. The third kappa shape index (κ3) is 3.78. The van der Waals surface area contributed by atoms with Gasteiger partial charge in [0.1, 0.15) is 6.61 Å². The number of hydrogen-bond acceptors (Lipinski definition) is 4. The molecule has 21 heavy (non-hydrogen) atoms. The number of anilines is 1. The molecule has 0 aliphatic heterocycles. The fourth-order valence-corrected chi connectivity index (χ4v) is 2.13. The van der Waals surface area contributed by atoms with Crippen LogP contribution in [0.3, 0.4) is 0 Å². The summed E-state index contributed by atoms with van der Waals surface area (Å²) >= 11 is 2.22. The maximum absolute atomic E-state index is 11.1. The fourth-order valence-electron chi connectivity index (χ4n) is 1.77. The quantitative estimate of drug-likeness (QED) is 0.597. The number of hydrogen-bond donors (Lipinski definition) is 2. The van der Waals surface area contributed by atoms with Crippen LogP contribution in [-0.2, 0) is 6.61 Å². The number of nitrogens with two attached hydrogens (primary N) is 1. The van der Waals surface area contributed by atoms with Crippen molar-refractivity contribution in [2.45, 2.75) is 6.61 Å². The average Bonchev–Trinajstić information content (AvgIpc) is 2.46. The summed E-state index contributed by atoms with van der Waals surface area (Å²) in [6.45, 7) is 0.316. The van der Waals surface area contributed by atoms with E-state index >= 15 is 0 Å². The molecule has 0 spiro atoms. The van der Waals surface area contributed by atoms with Gasteiger partial charge >= 0.3 is 5.97 Å². The van der Waals surface area contributed by atoms with Crippen LogP contribution in [0.15, 0.2) is 36.4 Å². The van der Waals surface area contributed by atoms with Crippen molar-refractivity contribution in [1.29, 1.82) is 0 Å². The molecule has 5 nitrogen and oxygen atoms in total. The average molecular weight is 399 g/mol. The zero-order valence-electron chi connectivity index (χ0n) is 11.3. The van der Waals surface area contributed by atoms with E-state index in [4.69, 9.17) is 20.3 Å². The summed E-state index contributed by atoms with van der Waals surface area (Å²) in [7, 11) is 1.48. The van der Waals surface area contributed by atoms with Gasteiger partial charge in [-0.25, -0.2) is 4.79 Å². The van der Waals surface area contributed by atoms with E-state index in [9.17, 15) is 4.79 Å². The van der Waals surface area contributed by atoms with Crippen molar-refractivity contribution in [3.8, 4) is 11.5 Å². The molecule has 2 aromatic carbocycles. The summed E-state index contributed by atoms with van der Waals surface area (Å²) in [6, 6.07) is 10.7. The van der Waals surface area contributed by atoms with Crippen LogP contribution in [0, 0.1) is 3.57 Å². The first-order chi connectivity index (χ1) is 10.0. The lowest BCUT2D eigenvalue weighted by atomic mass is 10.1. The number of nitrogen functional groups attached to an aromatic ring is 1. The van der Waals surface area contributed by atoms with Crippen molar-refractivity contribution in [2.24, 2.45) is 0 Å². The normalized spacial score (nSPS) is 10.2. The lowest BCUT2D eigenvalue weighted by Gasteiger charge is -2.13. The molecule has 0 aliphatic rings. The van der Waals surface area contributed by atoms with Gasteiger partial charge in [0.25, 0.3) is 0 Å². The predicted molar refractivity (Wildman–Crippen MR) is 87.9 cm³/mol. The molecule has 0 fully saturated rings. The molecule has 0 aromatic heterocycles. The molecule has 0 amide bonds. The molecule has 6 heteroatoms. The highest BCUT2D eigenvalue weighted by Crippen LogP contribution is 2.32. The van der Waals surface area contributed by atoms with Crippen LogP contribution in [0.4, 0.5) is 5.69 Å². The molecule has 2 rings (SSSR count). The van der Waals surface area contributed by atoms with Gasteiger partial charge in [0, 0.05) is 15.7 Å². The van der Waals surface area contributed by atoms with E-state index in [0.717, 1.165) is 9.13 Å². The Labute approximate surface area is 135 Å². The van der Waals surface area contributed by atoms with Crippen LogP contribution in [0.2, 0.25) is 0 Å². The number of aromatic carboxylic acids is 1. The summed E-state index contributed by atoms with van der Waals surface area (Å²) < 4.78 is 12.0. The Kier molecular flexibility index (Phi) is 4.89. The molecule has 0 saturated heterocycles. The van der Waals surface area contributed by atoms with E-state index in [-0.39, 0.29) is 11.3 Å². The number of rotatable bonds is 5. The lowest BCUT2D eigenvalue weighted by Crippen LogP contribution is -2.05. The molecule has 0 heterocycles. The summed E-state index contributed by atoms with van der Waals surface area (Å²) in [6.07, 6.45) is 0. The van der Waals surface area contributed by atoms with Gasteiger partial charge in [-0.15, -0.1) is 0 Å². The van der Waals surface area contributed by atoms with Crippen LogP contribution in [0.5, 0.6) is 11.5 Å². The number of methoxy groups -OCH3 is 1. The van der Waals surface area contributed by atoms with Crippen molar-refractivity contribution in [3.63, 3.8) is 0 Å². The zero-order valence-corrected chi connectivity index (χ0v) is 13.5. The van der Waals surface area contributed by atoms with E-state index in [1.54, 1.807) is 0 Å². The minimum absolute atomic E-state index is 0.00610. The summed E-state index contributed by atoms with van der Waals surface area (Å²) in [4.78, 5) is 11.1. The first kappa shape index (κ1) is 15.4. The Bertz CT molecular complexity index is 655. The molecule has 2 aromatic rings. The van der Waals surface area contributed by atoms with Crippen LogP contribution < -0.4 is 15.2 Å². The van der Waals surface area contributed by atoms with Gasteiger partial charge in [0.2, 0.25) is 0 Å². The number of ether oxygens (including phenoxy) is 2. The van der Waals surface area contributed by atoms with E-state index in [1.165, 1.54) is 19.2 Å². The molecule has 0 radical (unpaired) electrons. The van der Waals surface area contributed by atoms with Crippen molar-refractivity contribution in [3.05, 3.63) is 51.1 Å². The second-order valence-electron chi connectivity index (χ2n) is 4.31. The predicted octanol–water partition coefficient (Wildman–Crippen LogP) is 3.16. The van der Waals surface area contributed by atoms with Crippen molar-refractivity contribution in [2.75, 3.05) is 12.8 Å². The van der Waals surface area contributed by atoms with Gasteiger partial charge in [0.15, 0.2) is 11.5 Å². The Hall–Kier alpha value is -1.96. The van der Waals surface area contributed by atoms with Gasteiger partial charge in [-0.1, -0.05) is 12.1 Å². The Morgan fingerprint density at radius 3 is 2.48 bits per heavy atom. The van der Waals surface area contributed by atoms with Crippen LogP contribution in [0.25, 0.3) is 0 Å². The van der Waals surface area contributed by atoms with E-state index in [2.05, 4.69) is 22.6 Å². The molecule has 0 atom stereocenters. The minimum atomic E-state index is -1.10. The first-order valence-corrected chi connectivity index (χ1v) is 7.17. The molecule has 0 bridgehead atoms. The third-order valence-electron chi connectivity index (χ3n) is 2.87. The number of benzene rings is 2. The van der Waals surface area contributed by atoms with Gasteiger partial charge in [-0.05, 0) is 40.3 Å². The smallest absolute Gasteiger partial charge is 0.337 e. The molecule has 3 N–H and O–H groups in total. The third-order valence-corrected chi connectivity index (χ3v) is 3.59. The van der Waals surface area contributed by atoms with Gasteiger partial charge in [-0.3, -0.25) is 0 Å². The second-order valence-corrected chi connectivity index (χ2v) is 5.56. The molecule has 0 saturated carbocycles. The van der Waals surface area contributed by atoms with Gasteiger partial charge in [-0.2, -0.15) is 0 Å². The lowest BCUT2D eigenvalue weighted by molar-refractivity contribution is 0.0697. The Morgan fingerprint density at radius 2 is 1.90 bits per heavy atom. The Balaban J connectivity index is 2.23. The number of carboxylic acids is 1. The number of carbonyl (C=O) groups is 1. The number of halogens is 1. The van der Waals surface area contributed by atoms with Crippen LogP contribution in [0.1, 0.15) is 15.9 Å². The molecule has 110 valence electrons. The largest absolute Gasteiger partial charge is 0.493 e. The maximum Gasteiger partial charge on any atom is 0.337 e. The second kappa shape index (κ2) is 6.66. The molecular formula is C15H14INO4. The summed E-state index contributed by atoms with van der Waals surface area (Å²) in [5.74, 6) is -0.347. The summed E-state index contributed by atoms with van der Waals surface area (Å²) in [5, 5.41) is 9.09.